The molecule has 0 aliphatic heterocycles. The first-order chi connectivity index (χ1) is 5.64. The second-order valence-electron chi connectivity index (χ2n) is 3.28. The maximum Gasteiger partial charge on any atom is 0.124 e. The van der Waals surface area contributed by atoms with Crippen LogP contribution in [0.2, 0.25) is 0 Å². The van der Waals surface area contributed by atoms with Gasteiger partial charge in [-0.2, -0.15) is 0 Å². The number of nitrogens with two attached hydrogens (primary N) is 1. The van der Waals surface area contributed by atoms with Crippen molar-refractivity contribution in [2.75, 3.05) is 6.54 Å². The minimum atomic E-state index is -1.28. The summed E-state index contributed by atoms with van der Waals surface area (Å²) in [5.41, 5.74) is 5.00. The van der Waals surface area contributed by atoms with E-state index in [1.54, 1.807) is 0 Å². The molecule has 0 saturated carbocycles. The van der Waals surface area contributed by atoms with Crippen LogP contribution in [-0.2, 0) is 6.42 Å². The van der Waals surface area contributed by atoms with Crippen LogP contribution in [0.3, 0.4) is 0 Å². The third-order valence-corrected chi connectivity index (χ3v) is 1.84. The fourth-order valence-corrected chi connectivity index (χ4v) is 1.09. The number of halogens is 1. The van der Waals surface area contributed by atoms with Crippen molar-refractivity contribution < 1.29 is 4.39 Å². The van der Waals surface area contributed by atoms with Crippen molar-refractivity contribution in [1.29, 1.82) is 0 Å². The van der Waals surface area contributed by atoms with Crippen LogP contribution in [0.4, 0.5) is 4.39 Å². The Bertz CT molecular complexity index is 231. The molecule has 0 spiro atoms. The van der Waals surface area contributed by atoms with E-state index in [1.165, 1.54) is 6.92 Å². The Balaban J connectivity index is 2.64. The lowest BCUT2D eigenvalue weighted by atomic mass is 9.99. The van der Waals surface area contributed by atoms with Crippen LogP contribution in [0.1, 0.15) is 12.5 Å². The van der Waals surface area contributed by atoms with Crippen molar-refractivity contribution >= 4 is 0 Å². The van der Waals surface area contributed by atoms with Crippen LogP contribution in [0.5, 0.6) is 0 Å². The predicted molar refractivity (Wildman–Crippen MR) is 48.7 cm³/mol. The van der Waals surface area contributed by atoms with E-state index in [-0.39, 0.29) is 6.54 Å². The molecule has 0 saturated heterocycles. The molecule has 0 aromatic heterocycles. The molecule has 1 aromatic carbocycles. The molecule has 1 nitrogen and oxygen atoms in total. The van der Waals surface area contributed by atoms with Crippen molar-refractivity contribution in [2.24, 2.45) is 5.73 Å². The molecule has 0 amide bonds. The number of benzene rings is 1. The molecule has 2 heteroatoms. The van der Waals surface area contributed by atoms with Crippen molar-refractivity contribution in [3.05, 3.63) is 35.9 Å². The van der Waals surface area contributed by atoms with E-state index < -0.39 is 5.67 Å². The Morgan fingerprint density at radius 1 is 1.33 bits per heavy atom. The fourth-order valence-electron chi connectivity index (χ4n) is 1.09. The zero-order valence-electron chi connectivity index (χ0n) is 7.26. The van der Waals surface area contributed by atoms with Gasteiger partial charge in [0.05, 0.1) is 0 Å². The van der Waals surface area contributed by atoms with Gasteiger partial charge in [0.2, 0.25) is 0 Å². The summed E-state index contributed by atoms with van der Waals surface area (Å²) in [7, 11) is 0. The fraction of sp³-hybridized carbons (Fsp3) is 0.400. The molecule has 12 heavy (non-hydrogen) atoms. The topological polar surface area (TPSA) is 26.0 Å². The van der Waals surface area contributed by atoms with Gasteiger partial charge in [-0.3, -0.25) is 0 Å². The Labute approximate surface area is 72.4 Å². The summed E-state index contributed by atoms with van der Waals surface area (Å²) >= 11 is 0. The summed E-state index contributed by atoms with van der Waals surface area (Å²) in [6.45, 7) is 1.60. The zero-order chi connectivity index (χ0) is 9.03. The van der Waals surface area contributed by atoms with Gasteiger partial charge in [0, 0.05) is 13.0 Å². The van der Waals surface area contributed by atoms with Gasteiger partial charge in [-0.1, -0.05) is 30.3 Å². The average Bonchev–Trinajstić information content (AvgIpc) is 2.06. The molecule has 2 N–H and O–H groups in total. The lowest BCUT2D eigenvalue weighted by molar-refractivity contribution is 0.200. The Hall–Kier alpha value is -0.890. The first kappa shape index (κ1) is 9.20. The smallest absolute Gasteiger partial charge is 0.124 e. The van der Waals surface area contributed by atoms with E-state index in [4.69, 9.17) is 5.73 Å². The van der Waals surface area contributed by atoms with Gasteiger partial charge in [0.25, 0.3) is 0 Å². The van der Waals surface area contributed by atoms with E-state index in [0.717, 1.165) is 5.56 Å². The molecular weight excluding hydrogens is 153 g/mol. The molecule has 1 aromatic rings. The number of hydrogen-bond acceptors (Lipinski definition) is 1. The van der Waals surface area contributed by atoms with E-state index in [1.807, 2.05) is 30.3 Å². The lowest BCUT2D eigenvalue weighted by Gasteiger charge is -2.17. The molecule has 0 aliphatic carbocycles. The maximum atomic E-state index is 13.4. The molecule has 0 radical (unpaired) electrons. The van der Waals surface area contributed by atoms with Crippen LogP contribution in [0, 0.1) is 0 Å². The Kier molecular flexibility index (Phi) is 2.82. The van der Waals surface area contributed by atoms with Gasteiger partial charge in [0.1, 0.15) is 5.67 Å². The standard InChI is InChI=1S/C10H14FN/c1-10(11,8-12)7-9-5-3-2-4-6-9/h2-6H,7-8,12H2,1H3. The molecule has 1 unspecified atom stereocenters. The van der Waals surface area contributed by atoms with E-state index in [0.29, 0.717) is 6.42 Å². The summed E-state index contributed by atoms with van der Waals surface area (Å²) in [6, 6.07) is 9.55. The molecule has 0 aliphatic rings. The summed E-state index contributed by atoms with van der Waals surface area (Å²) in [6.07, 6.45) is 0.393. The molecule has 66 valence electrons. The SMILES string of the molecule is CC(F)(CN)Cc1ccccc1. The first-order valence-corrected chi connectivity index (χ1v) is 4.07. The molecule has 0 heterocycles. The van der Waals surface area contributed by atoms with Crippen molar-refractivity contribution in [1.82, 2.24) is 0 Å². The van der Waals surface area contributed by atoms with Crippen LogP contribution in [0.25, 0.3) is 0 Å². The predicted octanol–water partition coefficient (Wildman–Crippen LogP) is 1.92. The number of hydrogen-bond donors (Lipinski definition) is 1. The molecule has 0 fully saturated rings. The van der Waals surface area contributed by atoms with E-state index >= 15 is 0 Å². The van der Waals surface area contributed by atoms with Gasteiger partial charge in [0.15, 0.2) is 0 Å². The van der Waals surface area contributed by atoms with Crippen LogP contribution < -0.4 is 5.73 Å². The van der Waals surface area contributed by atoms with Gasteiger partial charge in [-0.05, 0) is 12.5 Å². The summed E-state index contributed by atoms with van der Waals surface area (Å²) in [5, 5.41) is 0. The average molecular weight is 167 g/mol. The van der Waals surface area contributed by atoms with Crippen LogP contribution in [-0.4, -0.2) is 12.2 Å². The van der Waals surface area contributed by atoms with Gasteiger partial charge < -0.3 is 5.73 Å². The summed E-state index contributed by atoms with van der Waals surface area (Å²) < 4.78 is 13.4. The quantitative estimate of drug-likeness (QED) is 0.731. The Morgan fingerprint density at radius 3 is 2.42 bits per heavy atom. The normalized spacial score (nSPS) is 15.6. The minimum Gasteiger partial charge on any atom is -0.328 e. The number of rotatable bonds is 3. The van der Waals surface area contributed by atoms with Crippen molar-refractivity contribution in [2.45, 2.75) is 19.0 Å². The largest absolute Gasteiger partial charge is 0.328 e. The minimum absolute atomic E-state index is 0.0713. The summed E-state index contributed by atoms with van der Waals surface area (Å²) in [4.78, 5) is 0. The monoisotopic (exact) mass is 167 g/mol. The van der Waals surface area contributed by atoms with E-state index in [2.05, 4.69) is 0 Å². The third-order valence-electron chi connectivity index (χ3n) is 1.84. The van der Waals surface area contributed by atoms with Crippen LogP contribution >= 0.6 is 0 Å². The van der Waals surface area contributed by atoms with E-state index in [9.17, 15) is 4.39 Å². The second-order valence-corrected chi connectivity index (χ2v) is 3.28. The highest BCUT2D eigenvalue weighted by molar-refractivity contribution is 5.16. The van der Waals surface area contributed by atoms with Gasteiger partial charge in [-0.15, -0.1) is 0 Å². The van der Waals surface area contributed by atoms with Crippen LogP contribution in [0.15, 0.2) is 30.3 Å². The molecule has 0 bridgehead atoms. The zero-order valence-corrected chi connectivity index (χ0v) is 7.26. The molecular formula is C10H14FN. The highest BCUT2D eigenvalue weighted by Gasteiger charge is 2.20. The molecule has 1 atom stereocenters. The van der Waals surface area contributed by atoms with Crippen molar-refractivity contribution in [3.8, 4) is 0 Å². The Morgan fingerprint density at radius 2 is 1.92 bits per heavy atom. The molecule has 1 rings (SSSR count). The highest BCUT2D eigenvalue weighted by Crippen LogP contribution is 2.15. The number of alkyl halides is 1. The highest BCUT2D eigenvalue weighted by atomic mass is 19.1. The lowest BCUT2D eigenvalue weighted by Crippen LogP contribution is -2.31. The van der Waals surface area contributed by atoms with Gasteiger partial charge in [-0.25, -0.2) is 4.39 Å². The maximum absolute atomic E-state index is 13.4. The first-order valence-electron chi connectivity index (χ1n) is 4.07. The second kappa shape index (κ2) is 3.68. The third kappa shape index (κ3) is 2.62. The van der Waals surface area contributed by atoms with Crippen molar-refractivity contribution in [3.63, 3.8) is 0 Å². The van der Waals surface area contributed by atoms with Gasteiger partial charge >= 0.3 is 0 Å². The summed E-state index contributed by atoms with van der Waals surface area (Å²) in [5.74, 6) is 0.